The molecular formula is C16H17Cl2NO. The van der Waals surface area contributed by atoms with Crippen molar-refractivity contribution in [3.63, 3.8) is 0 Å². The van der Waals surface area contributed by atoms with Gasteiger partial charge in [0.15, 0.2) is 0 Å². The Morgan fingerprint density at radius 3 is 2.45 bits per heavy atom. The van der Waals surface area contributed by atoms with Gasteiger partial charge in [-0.2, -0.15) is 0 Å². The highest BCUT2D eigenvalue weighted by Gasteiger charge is 2.19. The number of para-hydroxylation sites is 1. The number of ether oxygens (including phenoxy) is 1. The molecule has 0 aromatic heterocycles. The van der Waals surface area contributed by atoms with Gasteiger partial charge in [-0.3, -0.25) is 0 Å². The number of nitrogens with one attached hydrogen (secondary N) is 1. The van der Waals surface area contributed by atoms with Crippen LogP contribution in [0.25, 0.3) is 0 Å². The zero-order chi connectivity index (χ0) is 14.5. The molecule has 1 unspecified atom stereocenters. The molecule has 0 amide bonds. The fourth-order valence-corrected chi connectivity index (χ4v) is 2.64. The van der Waals surface area contributed by atoms with Crippen LogP contribution in [0.1, 0.15) is 24.1 Å². The van der Waals surface area contributed by atoms with Crippen LogP contribution in [0.5, 0.6) is 5.75 Å². The monoisotopic (exact) mass is 309 g/mol. The third kappa shape index (κ3) is 3.09. The first kappa shape index (κ1) is 15.2. The van der Waals surface area contributed by atoms with Crippen LogP contribution in [0.4, 0.5) is 0 Å². The van der Waals surface area contributed by atoms with E-state index in [-0.39, 0.29) is 6.04 Å². The Morgan fingerprint density at radius 1 is 1.05 bits per heavy atom. The van der Waals surface area contributed by atoms with Gasteiger partial charge in [0.1, 0.15) is 5.75 Å². The second kappa shape index (κ2) is 6.98. The lowest BCUT2D eigenvalue weighted by molar-refractivity contribution is 0.334. The Morgan fingerprint density at radius 2 is 1.75 bits per heavy atom. The fraction of sp³-hybridized carbons (Fsp3) is 0.250. The van der Waals surface area contributed by atoms with Gasteiger partial charge in [0.05, 0.1) is 22.7 Å². The Labute approximate surface area is 129 Å². The van der Waals surface area contributed by atoms with E-state index < -0.39 is 0 Å². The number of halogens is 2. The normalized spacial score (nSPS) is 12.2. The summed E-state index contributed by atoms with van der Waals surface area (Å²) in [5, 5.41) is 4.40. The summed E-state index contributed by atoms with van der Waals surface area (Å²) in [4.78, 5) is 0. The molecule has 0 aliphatic rings. The van der Waals surface area contributed by atoms with Gasteiger partial charge >= 0.3 is 0 Å². The second-order valence-corrected chi connectivity index (χ2v) is 5.12. The van der Waals surface area contributed by atoms with Gasteiger partial charge in [-0.25, -0.2) is 0 Å². The second-order valence-electron chi connectivity index (χ2n) is 4.34. The number of hydrogen-bond acceptors (Lipinski definition) is 2. The van der Waals surface area contributed by atoms with E-state index in [4.69, 9.17) is 27.9 Å². The van der Waals surface area contributed by atoms with Crippen molar-refractivity contribution in [1.29, 1.82) is 0 Å². The zero-order valence-corrected chi connectivity index (χ0v) is 13.0. The van der Waals surface area contributed by atoms with Gasteiger partial charge < -0.3 is 10.1 Å². The lowest BCUT2D eigenvalue weighted by Crippen LogP contribution is -2.19. The molecule has 1 atom stereocenters. The molecule has 2 aromatic carbocycles. The molecule has 0 radical (unpaired) electrons. The topological polar surface area (TPSA) is 21.3 Å². The number of hydrogen-bond donors (Lipinski definition) is 1. The van der Waals surface area contributed by atoms with Crippen LogP contribution in [0, 0.1) is 0 Å². The summed E-state index contributed by atoms with van der Waals surface area (Å²) in [6, 6.07) is 13.5. The summed E-state index contributed by atoms with van der Waals surface area (Å²) in [5.74, 6) is 0.852. The maximum Gasteiger partial charge on any atom is 0.124 e. The van der Waals surface area contributed by atoms with Gasteiger partial charge in [-0.05, 0) is 31.7 Å². The van der Waals surface area contributed by atoms with Crippen molar-refractivity contribution in [3.05, 3.63) is 63.6 Å². The van der Waals surface area contributed by atoms with Gasteiger partial charge in [0.2, 0.25) is 0 Å². The van der Waals surface area contributed by atoms with Crippen molar-refractivity contribution < 1.29 is 4.74 Å². The Kier molecular flexibility index (Phi) is 5.30. The van der Waals surface area contributed by atoms with Crippen molar-refractivity contribution in [2.24, 2.45) is 0 Å². The van der Waals surface area contributed by atoms with Crippen LogP contribution in [-0.2, 0) is 0 Å². The minimum atomic E-state index is -0.0658. The fourth-order valence-electron chi connectivity index (χ4n) is 2.23. The van der Waals surface area contributed by atoms with Gasteiger partial charge in [0.25, 0.3) is 0 Å². The Hall–Kier alpha value is -1.22. The smallest absolute Gasteiger partial charge is 0.124 e. The highest BCUT2D eigenvalue weighted by atomic mass is 35.5. The van der Waals surface area contributed by atoms with E-state index in [1.54, 1.807) is 6.07 Å². The average Bonchev–Trinajstić information content (AvgIpc) is 2.46. The molecule has 0 aliphatic carbocycles. The van der Waals surface area contributed by atoms with E-state index in [0.717, 1.165) is 16.9 Å². The standard InChI is InChI=1S/C16H17Cl2NO/c1-3-20-14-10-5-4-7-11(14)16(19-2)12-8-6-9-13(17)15(12)18/h4-10,16,19H,3H2,1-2H3. The minimum absolute atomic E-state index is 0.0658. The van der Waals surface area contributed by atoms with E-state index in [2.05, 4.69) is 5.32 Å². The van der Waals surface area contributed by atoms with E-state index in [1.807, 2.05) is 50.4 Å². The van der Waals surface area contributed by atoms with Crippen LogP contribution in [-0.4, -0.2) is 13.7 Å². The van der Waals surface area contributed by atoms with Crippen molar-refractivity contribution in [1.82, 2.24) is 5.32 Å². The predicted octanol–water partition coefficient (Wildman–Crippen LogP) is 4.70. The summed E-state index contributed by atoms with van der Waals surface area (Å²) >= 11 is 12.4. The van der Waals surface area contributed by atoms with Crippen molar-refractivity contribution in [2.75, 3.05) is 13.7 Å². The first-order chi connectivity index (χ1) is 9.69. The van der Waals surface area contributed by atoms with Crippen LogP contribution in [0.3, 0.4) is 0 Å². The van der Waals surface area contributed by atoms with Gasteiger partial charge in [-0.15, -0.1) is 0 Å². The molecule has 0 spiro atoms. The van der Waals surface area contributed by atoms with Crippen LogP contribution >= 0.6 is 23.2 Å². The molecule has 1 N–H and O–H groups in total. The van der Waals surface area contributed by atoms with E-state index >= 15 is 0 Å². The first-order valence-corrected chi connectivity index (χ1v) is 7.27. The molecule has 0 heterocycles. The molecule has 106 valence electrons. The third-order valence-electron chi connectivity index (χ3n) is 3.11. The lowest BCUT2D eigenvalue weighted by atomic mass is 9.98. The van der Waals surface area contributed by atoms with E-state index in [1.165, 1.54) is 0 Å². The molecule has 4 heteroatoms. The minimum Gasteiger partial charge on any atom is -0.494 e. The SMILES string of the molecule is CCOc1ccccc1C(NC)c1cccc(Cl)c1Cl. The Bertz CT molecular complexity index is 586. The highest BCUT2D eigenvalue weighted by molar-refractivity contribution is 6.42. The van der Waals surface area contributed by atoms with E-state index in [9.17, 15) is 0 Å². The maximum atomic E-state index is 6.33. The van der Waals surface area contributed by atoms with Crippen LogP contribution in [0.15, 0.2) is 42.5 Å². The van der Waals surface area contributed by atoms with Crippen LogP contribution < -0.4 is 10.1 Å². The lowest BCUT2D eigenvalue weighted by Gasteiger charge is -2.21. The van der Waals surface area contributed by atoms with Crippen molar-refractivity contribution >= 4 is 23.2 Å². The summed E-state index contributed by atoms with van der Waals surface area (Å²) in [6.07, 6.45) is 0. The Balaban J connectivity index is 2.50. The largest absolute Gasteiger partial charge is 0.494 e. The molecule has 0 saturated heterocycles. The molecular weight excluding hydrogens is 293 g/mol. The molecule has 0 bridgehead atoms. The van der Waals surface area contributed by atoms with E-state index in [0.29, 0.717) is 16.7 Å². The maximum absolute atomic E-state index is 6.33. The predicted molar refractivity (Wildman–Crippen MR) is 85.0 cm³/mol. The summed E-state index contributed by atoms with van der Waals surface area (Å²) in [6.45, 7) is 2.59. The first-order valence-electron chi connectivity index (χ1n) is 6.52. The number of rotatable bonds is 5. The summed E-state index contributed by atoms with van der Waals surface area (Å²) in [5.41, 5.74) is 1.98. The molecule has 2 aromatic rings. The molecule has 0 fully saturated rings. The highest BCUT2D eigenvalue weighted by Crippen LogP contribution is 2.36. The van der Waals surface area contributed by atoms with Crippen molar-refractivity contribution in [2.45, 2.75) is 13.0 Å². The zero-order valence-electron chi connectivity index (χ0n) is 11.5. The van der Waals surface area contributed by atoms with Crippen LogP contribution in [0.2, 0.25) is 10.0 Å². The molecule has 2 rings (SSSR count). The summed E-state index contributed by atoms with van der Waals surface area (Å²) < 4.78 is 5.70. The number of benzene rings is 2. The van der Waals surface area contributed by atoms with Gasteiger partial charge in [0, 0.05) is 5.56 Å². The van der Waals surface area contributed by atoms with Gasteiger partial charge in [-0.1, -0.05) is 53.5 Å². The summed E-state index contributed by atoms with van der Waals surface area (Å²) in [7, 11) is 1.89. The molecule has 20 heavy (non-hydrogen) atoms. The average molecular weight is 310 g/mol. The molecule has 2 nitrogen and oxygen atoms in total. The van der Waals surface area contributed by atoms with Crippen molar-refractivity contribution in [3.8, 4) is 5.75 Å². The quantitative estimate of drug-likeness (QED) is 0.864. The molecule has 0 saturated carbocycles. The third-order valence-corrected chi connectivity index (χ3v) is 3.94. The molecule has 0 aliphatic heterocycles.